The normalized spacial score (nSPS) is 23.6. The second kappa shape index (κ2) is 6.85. The molecule has 4 heterocycles. The number of aliphatic hydroxyl groups is 1. The molecule has 2 aromatic rings. The smallest absolute Gasteiger partial charge is 0.341 e. The molecule has 30 heavy (non-hydrogen) atoms. The Morgan fingerprint density at radius 1 is 1.33 bits per heavy atom. The summed E-state index contributed by atoms with van der Waals surface area (Å²) < 4.78 is 22.7. The van der Waals surface area contributed by atoms with Crippen molar-refractivity contribution in [2.24, 2.45) is 0 Å². The van der Waals surface area contributed by atoms with E-state index < -0.39 is 22.8 Å². The van der Waals surface area contributed by atoms with Crippen molar-refractivity contribution >= 4 is 22.6 Å². The largest absolute Gasteiger partial charge is 0.477 e. The fraction of sp³-hybridized carbons (Fsp3) is 0.500. The zero-order valence-corrected chi connectivity index (χ0v) is 16.5. The third-order valence-corrected chi connectivity index (χ3v) is 6.50. The van der Waals surface area contributed by atoms with Crippen molar-refractivity contribution in [2.75, 3.05) is 49.9 Å². The molecule has 0 saturated carbocycles. The number of rotatable bonds is 3. The average molecular weight is 418 g/mol. The monoisotopic (exact) mass is 418 g/mol. The summed E-state index contributed by atoms with van der Waals surface area (Å²) in [4.78, 5) is 28.4. The molecule has 2 N–H and O–H groups in total. The van der Waals surface area contributed by atoms with Gasteiger partial charge < -0.3 is 19.8 Å². The Balaban J connectivity index is 1.65. The number of aromatic carboxylic acids is 1. The minimum absolute atomic E-state index is 0.0162. The topological polar surface area (TPSA) is 98.5 Å². The third kappa shape index (κ3) is 2.67. The molecule has 0 amide bonds. The lowest BCUT2D eigenvalue weighted by Gasteiger charge is -2.42. The summed E-state index contributed by atoms with van der Waals surface area (Å²) >= 11 is 0. The van der Waals surface area contributed by atoms with Crippen molar-refractivity contribution in [2.45, 2.75) is 24.9 Å². The molecule has 2 unspecified atom stereocenters. The average Bonchev–Trinajstić information content (AvgIpc) is 3.14. The zero-order chi connectivity index (χ0) is 21.2. The molecule has 10 heteroatoms. The van der Waals surface area contributed by atoms with Gasteiger partial charge in [0, 0.05) is 45.0 Å². The maximum Gasteiger partial charge on any atom is 0.341 e. The van der Waals surface area contributed by atoms with Crippen molar-refractivity contribution in [3.63, 3.8) is 0 Å². The molecular weight excluding hydrogens is 395 g/mol. The van der Waals surface area contributed by atoms with Gasteiger partial charge in [0.15, 0.2) is 18.3 Å². The van der Waals surface area contributed by atoms with Gasteiger partial charge in [-0.1, -0.05) is 0 Å². The summed E-state index contributed by atoms with van der Waals surface area (Å²) in [6.45, 7) is 2.09. The van der Waals surface area contributed by atoms with E-state index in [1.54, 1.807) is 16.7 Å². The van der Waals surface area contributed by atoms with E-state index in [1.807, 2.05) is 4.90 Å². The highest BCUT2D eigenvalue weighted by molar-refractivity contribution is 5.97. The molecule has 0 spiro atoms. The van der Waals surface area contributed by atoms with Gasteiger partial charge in [0.25, 0.3) is 0 Å². The first kappa shape index (κ1) is 19.1. The fourth-order valence-electron chi connectivity index (χ4n) is 5.03. The van der Waals surface area contributed by atoms with Crippen LogP contribution in [0.3, 0.4) is 0 Å². The van der Waals surface area contributed by atoms with Crippen LogP contribution in [0.5, 0.6) is 5.75 Å². The third-order valence-electron chi connectivity index (χ3n) is 6.50. The Labute approximate surface area is 171 Å². The first-order valence-electron chi connectivity index (χ1n) is 10.0. The van der Waals surface area contributed by atoms with Crippen LogP contribution in [-0.2, 0) is 0 Å². The van der Waals surface area contributed by atoms with Crippen LogP contribution in [0.4, 0.5) is 10.1 Å². The number of pyridine rings is 1. The van der Waals surface area contributed by atoms with E-state index >= 15 is 4.39 Å². The highest BCUT2D eigenvalue weighted by Gasteiger charge is 2.39. The van der Waals surface area contributed by atoms with Crippen LogP contribution in [0, 0.1) is 5.82 Å². The molecule has 160 valence electrons. The molecular formula is C20H23FN4O5. The number of aliphatic hydroxyl groups excluding tert-OH is 1. The van der Waals surface area contributed by atoms with Crippen LogP contribution in [0.25, 0.3) is 10.9 Å². The number of halogens is 1. The van der Waals surface area contributed by atoms with E-state index in [2.05, 4.69) is 4.90 Å². The molecule has 2 atom stereocenters. The predicted molar refractivity (Wildman–Crippen MR) is 108 cm³/mol. The SMILES string of the molecule is CN1COc2c(N3CCN4C(CO)CCC4C3)c(F)cc3c(=O)c(C(=O)O)cn1c23. The second-order valence-corrected chi connectivity index (χ2v) is 8.14. The molecule has 2 fully saturated rings. The lowest BCUT2D eigenvalue weighted by molar-refractivity contribution is 0.0694. The first-order valence-corrected chi connectivity index (χ1v) is 10.0. The number of piperazine rings is 1. The van der Waals surface area contributed by atoms with E-state index in [9.17, 15) is 19.8 Å². The van der Waals surface area contributed by atoms with Gasteiger partial charge in [-0.25, -0.2) is 9.18 Å². The Kier molecular flexibility index (Phi) is 4.37. The van der Waals surface area contributed by atoms with E-state index in [1.165, 1.54) is 6.20 Å². The number of carbonyl (C=O) groups is 1. The van der Waals surface area contributed by atoms with Crippen molar-refractivity contribution in [3.05, 3.63) is 33.9 Å². The van der Waals surface area contributed by atoms with Gasteiger partial charge in [-0.05, 0) is 18.9 Å². The van der Waals surface area contributed by atoms with Gasteiger partial charge in [-0.3, -0.25) is 19.4 Å². The number of fused-ring (bicyclic) bond motifs is 1. The lowest BCUT2D eigenvalue weighted by atomic mass is 10.1. The Morgan fingerprint density at radius 3 is 2.87 bits per heavy atom. The molecule has 2 saturated heterocycles. The number of ether oxygens (including phenoxy) is 1. The summed E-state index contributed by atoms with van der Waals surface area (Å²) in [6.07, 6.45) is 3.12. The van der Waals surface area contributed by atoms with E-state index in [-0.39, 0.29) is 36.6 Å². The molecule has 0 radical (unpaired) electrons. The van der Waals surface area contributed by atoms with Gasteiger partial charge in [0.2, 0.25) is 5.43 Å². The van der Waals surface area contributed by atoms with Crippen LogP contribution in [0.2, 0.25) is 0 Å². The molecule has 5 rings (SSSR count). The fourth-order valence-corrected chi connectivity index (χ4v) is 5.03. The van der Waals surface area contributed by atoms with Gasteiger partial charge in [0.05, 0.1) is 12.0 Å². The molecule has 0 aliphatic carbocycles. The molecule has 3 aliphatic heterocycles. The maximum atomic E-state index is 15.3. The van der Waals surface area contributed by atoms with Gasteiger partial charge in [0.1, 0.15) is 16.8 Å². The van der Waals surface area contributed by atoms with Crippen molar-refractivity contribution < 1.29 is 24.1 Å². The van der Waals surface area contributed by atoms with Crippen molar-refractivity contribution in [1.29, 1.82) is 0 Å². The number of carboxylic acids is 1. The highest BCUT2D eigenvalue weighted by atomic mass is 19.1. The van der Waals surface area contributed by atoms with Crippen LogP contribution in [-0.4, -0.2) is 77.9 Å². The van der Waals surface area contributed by atoms with E-state index in [4.69, 9.17) is 4.74 Å². The number of hydrogen-bond donors (Lipinski definition) is 2. The van der Waals surface area contributed by atoms with Crippen LogP contribution < -0.4 is 20.1 Å². The van der Waals surface area contributed by atoms with Crippen molar-refractivity contribution in [3.8, 4) is 5.75 Å². The lowest BCUT2D eigenvalue weighted by Crippen LogP contribution is -2.53. The molecule has 1 aromatic carbocycles. The Bertz CT molecular complexity index is 1100. The summed E-state index contributed by atoms with van der Waals surface area (Å²) in [7, 11) is 1.70. The van der Waals surface area contributed by atoms with E-state index in [0.29, 0.717) is 30.8 Å². The Hall–Kier alpha value is -2.85. The minimum atomic E-state index is -1.35. The predicted octanol–water partition coefficient (Wildman–Crippen LogP) is 0.402. The number of hydrogen-bond acceptors (Lipinski definition) is 7. The second-order valence-electron chi connectivity index (χ2n) is 8.14. The molecule has 0 bridgehead atoms. The number of carboxylic acid groups (broad SMARTS) is 1. The number of anilines is 1. The van der Waals surface area contributed by atoms with Crippen LogP contribution >= 0.6 is 0 Å². The molecule has 9 nitrogen and oxygen atoms in total. The van der Waals surface area contributed by atoms with Crippen molar-refractivity contribution in [1.82, 2.24) is 9.58 Å². The number of nitrogens with zero attached hydrogens (tertiary/aromatic N) is 4. The summed E-state index contributed by atoms with van der Waals surface area (Å²) in [5, 5.41) is 20.6. The van der Waals surface area contributed by atoms with Crippen LogP contribution in [0.1, 0.15) is 23.2 Å². The molecule has 1 aromatic heterocycles. The van der Waals surface area contributed by atoms with Gasteiger partial charge in [-0.15, -0.1) is 0 Å². The van der Waals surface area contributed by atoms with E-state index in [0.717, 1.165) is 18.9 Å². The first-order chi connectivity index (χ1) is 14.4. The number of benzene rings is 1. The Morgan fingerprint density at radius 2 is 2.13 bits per heavy atom. The zero-order valence-electron chi connectivity index (χ0n) is 16.5. The summed E-state index contributed by atoms with van der Waals surface area (Å²) in [6, 6.07) is 1.50. The quantitative estimate of drug-likeness (QED) is 0.739. The highest BCUT2D eigenvalue weighted by Crippen LogP contribution is 2.41. The summed E-state index contributed by atoms with van der Waals surface area (Å²) in [5.74, 6) is -1.69. The van der Waals surface area contributed by atoms with Gasteiger partial charge >= 0.3 is 5.97 Å². The molecule has 3 aliphatic rings. The summed E-state index contributed by atoms with van der Waals surface area (Å²) in [5.41, 5.74) is -0.467. The van der Waals surface area contributed by atoms with Crippen LogP contribution in [0.15, 0.2) is 17.1 Å². The minimum Gasteiger partial charge on any atom is -0.477 e. The number of aromatic nitrogens is 1. The maximum absolute atomic E-state index is 15.3. The van der Waals surface area contributed by atoms with Gasteiger partial charge in [-0.2, -0.15) is 0 Å². The standard InChI is InChI=1S/C20H23FN4O5/c1-22-10-30-19-16-13(18(27)14(20(28)29)8-25(16)22)6-15(21)17(19)23-4-5-24-11(7-23)2-3-12(24)9-26/h6,8,11-12,26H,2-5,7,9-10H2,1H3,(H,28,29).